The largest absolute Gasteiger partial charge is 0.497 e. The van der Waals surface area contributed by atoms with E-state index in [1.807, 2.05) is 61.3 Å². The molecule has 2 aromatic heterocycles. The van der Waals surface area contributed by atoms with Crippen molar-refractivity contribution in [1.29, 1.82) is 5.41 Å². The van der Waals surface area contributed by atoms with Gasteiger partial charge < -0.3 is 19.9 Å². The highest BCUT2D eigenvalue weighted by molar-refractivity contribution is 14.2. The van der Waals surface area contributed by atoms with Crippen molar-refractivity contribution in [2.75, 3.05) is 7.11 Å². The highest BCUT2D eigenvalue weighted by atomic mass is 127. The van der Waals surface area contributed by atoms with Crippen molar-refractivity contribution in [1.82, 2.24) is 25.2 Å². The second-order valence-corrected chi connectivity index (χ2v) is 12.3. The molecule has 0 unspecified atom stereocenters. The molecule has 1 aromatic carbocycles. The Morgan fingerprint density at radius 3 is 2.84 bits per heavy atom. The Hall–Kier alpha value is -3.86. The number of halogens is 1. The number of nitrogens with zero attached hydrogens (tertiary/aromatic N) is 3. The molecule has 3 N–H and O–H groups in total. The summed E-state index contributed by atoms with van der Waals surface area (Å²) in [7, 11) is 1.66. The van der Waals surface area contributed by atoms with Gasteiger partial charge in [0.2, 0.25) is 5.91 Å². The minimum atomic E-state index is -0.596. The molecule has 0 radical (unpaired) electrons. The molecule has 1 aliphatic carbocycles. The van der Waals surface area contributed by atoms with Crippen molar-refractivity contribution < 1.29 is 9.53 Å². The number of hydrogen-bond acceptors (Lipinski definition) is 6. The van der Waals surface area contributed by atoms with E-state index >= 15 is 0 Å². The number of aromatic nitrogens is 3. The first-order chi connectivity index (χ1) is 18.5. The molecule has 8 nitrogen and oxygen atoms in total. The van der Waals surface area contributed by atoms with Crippen molar-refractivity contribution in [2.45, 2.75) is 25.8 Å². The van der Waals surface area contributed by atoms with E-state index < -0.39 is 20.7 Å². The molecule has 2 atom stereocenters. The summed E-state index contributed by atoms with van der Waals surface area (Å²) in [5, 5.41) is 14.9. The van der Waals surface area contributed by atoms with E-state index in [0.717, 1.165) is 45.7 Å². The molecular weight excluding hydrogens is 591 g/mol. The lowest BCUT2D eigenvalue weighted by molar-refractivity contribution is -0.121. The van der Waals surface area contributed by atoms with Gasteiger partial charge >= 0.3 is 0 Å². The first-order valence-corrected chi connectivity index (χ1v) is 14.5. The number of imidazole rings is 1. The molecule has 0 bridgehead atoms. The van der Waals surface area contributed by atoms with Gasteiger partial charge in [0.25, 0.3) is 0 Å². The molecule has 2 aliphatic heterocycles. The topological polar surface area (TPSA) is 105 Å². The van der Waals surface area contributed by atoms with Crippen LogP contribution in [0.1, 0.15) is 34.7 Å². The third-order valence-corrected chi connectivity index (χ3v) is 9.61. The number of pyridine rings is 1. The van der Waals surface area contributed by atoms with Crippen LogP contribution in [0.4, 0.5) is 0 Å². The minimum absolute atomic E-state index is 0.00554. The smallest absolute Gasteiger partial charge is 0.229 e. The average molecular weight is 618 g/mol. The number of amides is 1. The number of nitrogens with one attached hydrogen (secondary N) is 3. The van der Waals surface area contributed by atoms with Crippen molar-refractivity contribution >= 4 is 33.9 Å². The Labute approximate surface area is 230 Å². The molecule has 3 aliphatic rings. The third-order valence-electron chi connectivity index (χ3n) is 7.02. The number of rotatable bonds is 7. The molecule has 6 rings (SSSR count). The number of ether oxygens (including phenoxy) is 1. The lowest BCUT2D eigenvalue weighted by Gasteiger charge is -2.22. The predicted molar refractivity (Wildman–Crippen MR) is 156 cm³/mol. The summed E-state index contributed by atoms with van der Waals surface area (Å²) in [5.74, 6) is 1.51. The van der Waals surface area contributed by atoms with Gasteiger partial charge in [0, 0.05) is 63.5 Å². The molecule has 4 heterocycles. The van der Waals surface area contributed by atoms with Gasteiger partial charge in [0.15, 0.2) is 0 Å². The number of dihydropyridines is 1. The van der Waals surface area contributed by atoms with Crippen LogP contribution in [0.2, 0.25) is 0 Å². The van der Waals surface area contributed by atoms with Gasteiger partial charge in [-0.2, -0.15) is 0 Å². The van der Waals surface area contributed by atoms with Crippen molar-refractivity contribution in [3.8, 4) is 5.75 Å². The molecule has 9 heteroatoms. The zero-order valence-corrected chi connectivity index (χ0v) is 23.2. The van der Waals surface area contributed by atoms with Gasteiger partial charge in [-0.3, -0.25) is 15.2 Å². The first kappa shape index (κ1) is 24.5. The summed E-state index contributed by atoms with van der Waals surface area (Å²) in [6.45, 7) is 2.77. The molecule has 3 aromatic rings. The molecule has 0 saturated heterocycles. The van der Waals surface area contributed by atoms with Crippen LogP contribution in [0, 0.1) is 18.3 Å². The predicted octanol–water partition coefficient (Wildman–Crippen LogP) is 4.30. The first-order valence-electron chi connectivity index (χ1n) is 12.4. The van der Waals surface area contributed by atoms with Crippen LogP contribution in [0.5, 0.6) is 5.75 Å². The summed E-state index contributed by atoms with van der Waals surface area (Å²) in [4.78, 5) is 21.8. The number of allylic oxidation sites excluding steroid dienone is 4. The Kier molecular flexibility index (Phi) is 6.52. The fourth-order valence-electron chi connectivity index (χ4n) is 4.79. The maximum atomic E-state index is 13.1. The number of methoxy groups -OCH3 is 1. The zero-order valence-electron chi connectivity index (χ0n) is 21.0. The average Bonchev–Trinajstić information content (AvgIpc) is 3.60. The maximum Gasteiger partial charge on any atom is 0.229 e. The highest BCUT2D eigenvalue weighted by Crippen LogP contribution is 2.47. The number of carbonyl (C=O) groups is 1. The van der Waals surface area contributed by atoms with Crippen LogP contribution in [-0.2, 0) is 11.3 Å². The van der Waals surface area contributed by atoms with Crippen LogP contribution in [0.15, 0.2) is 90.6 Å². The van der Waals surface area contributed by atoms with Crippen molar-refractivity contribution in [3.63, 3.8) is 0 Å². The van der Waals surface area contributed by atoms with Crippen LogP contribution >= 0.6 is 20.7 Å². The lowest BCUT2D eigenvalue weighted by Crippen LogP contribution is -2.33. The highest BCUT2D eigenvalue weighted by Gasteiger charge is 2.46. The van der Waals surface area contributed by atoms with Crippen molar-refractivity contribution in [2.24, 2.45) is 5.92 Å². The minimum Gasteiger partial charge on any atom is -0.497 e. The maximum absolute atomic E-state index is 13.1. The fraction of sp³-hybridized carbons (Fsp3) is 0.207. The molecular formula is C29H27IN6O2. The normalized spacial score (nSPS) is 20.0. The van der Waals surface area contributed by atoms with E-state index in [1.54, 1.807) is 13.3 Å². The van der Waals surface area contributed by atoms with Gasteiger partial charge in [0.05, 0.1) is 17.2 Å². The van der Waals surface area contributed by atoms with Gasteiger partial charge in [-0.05, 0) is 60.4 Å². The zero-order chi connectivity index (χ0) is 26.2. The van der Waals surface area contributed by atoms with E-state index in [9.17, 15) is 4.79 Å². The Bertz CT molecular complexity index is 1560. The standard InChI is InChI=1S/C29H27IN6O2/c1-17-7-8-32-12-23(17)25-9-19-10-27(34-13-24(19)28(31)30-25)35-29(37)22-11-21(22)26-14-33-16-36(26)15-18-3-5-20(38-2)6-4-18/h3-10,12-14,16,21-22,31,34H,11,15H2,1-2H3,(H,35,37)/t21-,22-/m1/s1. The molecule has 192 valence electrons. The van der Waals surface area contributed by atoms with Crippen LogP contribution in [0.3, 0.4) is 0 Å². The molecule has 1 fully saturated rings. The van der Waals surface area contributed by atoms with E-state index in [4.69, 9.17) is 10.1 Å². The van der Waals surface area contributed by atoms with E-state index in [0.29, 0.717) is 16.1 Å². The monoisotopic (exact) mass is 618 g/mol. The Morgan fingerprint density at radius 1 is 1.21 bits per heavy atom. The second-order valence-electron chi connectivity index (χ2n) is 9.54. The third kappa shape index (κ3) is 4.85. The fourth-order valence-corrected chi connectivity index (χ4v) is 7.47. The molecule has 1 saturated carbocycles. The molecule has 38 heavy (non-hydrogen) atoms. The van der Waals surface area contributed by atoms with Gasteiger partial charge in [-0.25, -0.2) is 4.98 Å². The summed E-state index contributed by atoms with van der Waals surface area (Å²) in [6, 6.07) is 9.99. The van der Waals surface area contributed by atoms with Crippen molar-refractivity contribution in [3.05, 3.63) is 113 Å². The van der Waals surface area contributed by atoms with E-state index in [2.05, 4.69) is 38.2 Å². The van der Waals surface area contributed by atoms with E-state index in [1.165, 1.54) is 3.51 Å². The van der Waals surface area contributed by atoms with Gasteiger partial charge in [-0.1, -0.05) is 32.9 Å². The quantitative estimate of drug-likeness (QED) is 0.343. The number of carbonyl (C=O) groups excluding carboxylic acids is 1. The summed E-state index contributed by atoms with van der Waals surface area (Å²) in [5.41, 5.74) is 6.32. The molecule has 1 amide bonds. The van der Waals surface area contributed by atoms with Gasteiger partial charge in [-0.15, -0.1) is 0 Å². The molecule has 0 spiro atoms. The Balaban J connectivity index is 1.14. The summed E-state index contributed by atoms with van der Waals surface area (Å²) < 4.78 is 9.19. The summed E-state index contributed by atoms with van der Waals surface area (Å²) >= 11 is -0.596. The number of benzene rings is 1. The van der Waals surface area contributed by atoms with Crippen LogP contribution in [0.25, 0.3) is 0 Å². The second kappa shape index (κ2) is 10.1. The van der Waals surface area contributed by atoms with Crippen LogP contribution in [-0.4, -0.2) is 34.8 Å². The Morgan fingerprint density at radius 2 is 2.05 bits per heavy atom. The SMILES string of the molecule is COc1ccc(Cn2cncc2[C@@H]2C[C@H]2C(=O)NC2=CC3=CC(c4cnccc4C)=IC(=N)C3=CN2)cc1. The van der Waals surface area contributed by atoms with E-state index in [-0.39, 0.29) is 17.7 Å². The summed E-state index contributed by atoms with van der Waals surface area (Å²) in [6.07, 6.45) is 14.1. The van der Waals surface area contributed by atoms with Crippen LogP contribution < -0.4 is 15.4 Å². The van der Waals surface area contributed by atoms with Gasteiger partial charge in [0.1, 0.15) is 11.6 Å². The lowest BCUT2D eigenvalue weighted by atomic mass is 10.0. The number of fused-ring (bicyclic) bond motifs is 1. The number of hydrogen-bond donors (Lipinski definition) is 3. The number of aryl methyl sites for hydroxylation is 1.